The van der Waals surface area contributed by atoms with Gasteiger partial charge in [0.1, 0.15) is 0 Å². The van der Waals surface area contributed by atoms with E-state index in [1.165, 1.54) is 0 Å². The third-order valence-corrected chi connectivity index (χ3v) is 2.71. The van der Waals surface area contributed by atoms with Gasteiger partial charge in [-0.15, -0.1) is 0 Å². The van der Waals surface area contributed by atoms with Gasteiger partial charge in [0, 0.05) is 12.1 Å². The van der Waals surface area contributed by atoms with Gasteiger partial charge in [0.2, 0.25) is 0 Å². The van der Waals surface area contributed by atoms with Crippen LogP contribution in [0, 0.1) is 0 Å². The molecule has 4 nitrogen and oxygen atoms in total. The van der Waals surface area contributed by atoms with Gasteiger partial charge in [-0.05, 0) is 0 Å². The predicted octanol–water partition coefficient (Wildman–Crippen LogP) is 2.95. The number of benzene rings is 1. The predicted molar refractivity (Wildman–Crippen MR) is 62.7 cm³/mol. The van der Waals surface area contributed by atoms with Gasteiger partial charge in [-0.1, -0.05) is 23.2 Å². The number of methoxy groups -OCH3 is 2. The van der Waals surface area contributed by atoms with Crippen LogP contribution in [0.4, 0.5) is 0 Å². The Morgan fingerprint density at radius 3 is 1.56 bits per heavy atom. The summed E-state index contributed by atoms with van der Waals surface area (Å²) in [6.45, 7) is 0. The Labute approximate surface area is 102 Å². The number of fused-ring (bicyclic) bond motifs is 1. The zero-order chi connectivity index (χ0) is 11.7. The normalized spacial score (nSPS) is 10.5. The Bertz CT molecular complexity index is 497. The maximum Gasteiger partial charge on any atom is 0.167 e. The summed E-state index contributed by atoms with van der Waals surface area (Å²) in [5, 5.41) is 0.336. The molecule has 84 valence electrons. The molecule has 1 heterocycles. The summed E-state index contributed by atoms with van der Waals surface area (Å²) in [5.41, 5.74) is 1.21. The van der Waals surface area contributed by atoms with Crippen LogP contribution in [-0.4, -0.2) is 24.2 Å². The van der Waals surface area contributed by atoms with Crippen molar-refractivity contribution < 1.29 is 9.47 Å². The average molecular weight is 259 g/mol. The number of halogens is 2. The fourth-order valence-corrected chi connectivity index (χ4v) is 1.61. The maximum absolute atomic E-state index is 5.78. The van der Waals surface area contributed by atoms with Crippen molar-refractivity contribution in [3.05, 3.63) is 22.4 Å². The lowest BCUT2D eigenvalue weighted by Gasteiger charge is -2.08. The van der Waals surface area contributed by atoms with E-state index in [0.717, 1.165) is 0 Å². The Morgan fingerprint density at radius 1 is 0.875 bits per heavy atom. The van der Waals surface area contributed by atoms with Crippen molar-refractivity contribution in [2.75, 3.05) is 14.2 Å². The molecule has 2 rings (SSSR count). The topological polar surface area (TPSA) is 44.2 Å². The molecule has 0 N–H and O–H groups in total. The van der Waals surface area contributed by atoms with Crippen LogP contribution in [0.15, 0.2) is 12.1 Å². The van der Waals surface area contributed by atoms with Crippen LogP contribution in [-0.2, 0) is 0 Å². The Hall–Kier alpha value is -1.26. The Kier molecular flexibility index (Phi) is 3.03. The molecule has 0 spiro atoms. The second-order valence-corrected chi connectivity index (χ2v) is 3.72. The maximum atomic E-state index is 5.78. The molecule has 0 aliphatic rings. The van der Waals surface area contributed by atoms with Crippen LogP contribution in [0.25, 0.3) is 11.0 Å². The van der Waals surface area contributed by atoms with E-state index in [-0.39, 0.29) is 10.3 Å². The van der Waals surface area contributed by atoms with Crippen LogP contribution in [0.3, 0.4) is 0 Å². The molecule has 0 aliphatic carbocycles. The molecule has 0 saturated heterocycles. The molecule has 0 radical (unpaired) electrons. The fraction of sp³-hybridized carbons (Fsp3) is 0.200. The van der Waals surface area contributed by atoms with E-state index in [1.807, 2.05) is 0 Å². The van der Waals surface area contributed by atoms with Gasteiger partial charge < -0.3 is 9.47 Å². The molecule has 2 aromatic rings. The quantitative estimate of drug-likeness (QED) is 0.831. The van der Waals surface area contributed by atoms with E-state index in [0.29, 0.717) is 22.5 Å². The third kappa shape index (κ3) is 1.86. The third-order valence-electron chi connectivity index (χ3n) is 2.09. The highest BCUT2D eigenvalue weighted by atomic mass is 35.5. The van der Waals surface area contributed by atoms with E-state index >= 15 is 0 Å². The summed E-state index contributed by atoms with van der Waals surface area (Å²) in [4.78, 5) is 8.19. The van der Waals surface area contributed by atoms with Crippen molar-refractivity contribution in [1.82, 2.24) is 9.97 Å². The summed E-state index contributed by atoms with van der Waals surface area (Å²) < 4.78 is 10.3. The zero-order valence-corrected chi connectivity index (χ0v) is 10.1. The molecule has 0 saturated carbocycles. The standard InChI is InChI=1S/C10H8Cl2N2O2/c1-15-7-3-5-6(4-8(7)16-2)14-10(12)9(11)13-5/h3-4H,1-2H3. The minimum Gasteiger partial charge on any atom is -0.493 e. The van der Waals surface area contributed by atoms with E-state index in [4.69, 9.17) is 32.7 Å². The number of nitrogens with zero attached hydrogens (tertiary/aromatic N) is 2. The van der Waals surface area contributed by atoms with Crippen LogP contribution in [0.1, 0.15) is 0 Å². The highest BCUT2D eigenvalue weighted by Crippen LogP contribution is 2.32. The van der Waals surface area contributed by atoms with Crippen LogP contribution >= 0.6 is 23.2 Å². The first kappa shape index (κ1) is 11.2. The largest absolute Gasteiger partial charge is 0.493 e. The number of rotatable bonds is 2. The molecule has 1 aromatic carbocycles. The van der Waals surface area contributed by atoms with Gasteiger partial charge in [-0.2, -0.15) is 0 Å². The van der Waals surface area contributed by atoms with Gasteiger partial charge in [0.25, 0.3) is 0 Å². The van der Waals surface area contributed by atoms with Crippen LogP contribution in [0.5, 0.6) is 11.5 Å². The SMILES string of the molecule is COc1cc2nc(Cl)c(Cl)nc2cc1OC. The van der Waals surface area contributed by atoms with Crippen molar-refractivity contribution in [2.45, 2.75) is 0 Å². The number of hydrogen-bond donors (Lipinski definition) is 0. The van der Waals surface area contributed by atoms with Crippen LogP contribution in [0.2, 0.25) is 10.3 Å². The molecule has 0 atom stereocenters. The van der Waals surface area contributed by atoms with Crippen molar-refractivity contribution >= 4 is 34.2 Å². The minimum atomic E-state index is 0.168. The van der Waals surface area contributed by atoms with Gasteiger partial charge in [-0.25, -0.2) is 9.97 Å². The van der Waals surface area contributed by atoms with Crippen molar-refractivity contribution in [2.24, 2.45) is 0 Å². The molecule has 0 amide bonds. The molecule has 0 aliphatic heterocycles. The second-order valence-electron chi connectivity index (χ2n) is 3.00. The lowest BCUT2D eigenvalue weighted by atomic mass is 10.2. The average Bonchev–Trinajstić information content (AvgIpc) is 2.29. The first-order valence-electron chi connectivity index (χ1n) is 4.40. The summed E-state index contributed by atoms with van der Waals surface area (Å²) in [6.07, 6.45) is 0. The van der Waals surface area contributed by atoms with Crippen LogP contribution < -0.4 is 9.47 Å². The molecule has 0 unspecified atom stereocenters. The van der Waals surface area contributed by atoms with Gasteiger partial charge >= 0.3 is 0 Å². The molecule has 0 fully saturated rings. The van der Waals surface area contributed by atoms with Crippen molar-refractivity contribution in [1.29, 1.82) is 0 Å². The summed E-state index contributed by atoms with van der Waals surface area (Å²) in [5.74, 6) is 1.14. The Balaban J connectivity index is 2.73. The lowest BCUT2D eigenvalue weighted by Crippen LogP contribution is -1.93. The molecule has 16 heavy (non-hydrogen) atoms. The molecule has 1 aromatic heterocycles. The van der Waals surface area contributed by atoms with Gasteiger partial charge in [0.05, 0.1) is 25.3 Å². The first-order chi connectivity index (χ1) is 7.65. The molecule has 6 heteroatoms. The number of ether oxygens (including phenoxy) is 2. The van der Waals surface area contributed by atoms with E-state index in [9.17, 15) is 0 Å². The summed E-state index contributed by atoms with van der Waals surface area (Å²) in [6, 6.07) is 3.40. The summed E-state index contributed by atoms with van der Waals surface area (Å²) >= 11 is 11.6. The lowest BCUT2D eigenvalue weighted by molar-refractivity contribution is 0.355. The second kappa shape index (κ2) is 4.31. The molecular weight excluding hydrogens is 251 g/mol. The highest BCUT2D eigenvalue weighted by Gasteiger charge is 2.10. The fourth-order valence-electron chi connectivity index (χ4n) is 1.34. The summed E-state index contributed by atoms with van der Waals surface area (Å²) in [7, 11) is 3.10. The smallest absolute Gasteiger partial charge is 0.167 e. The monoisotopic (exact) mass is 258 g/mol. The minimum absolute atomic E-state index is 0.168. The van der Waals surface area contributed by atoms with Gasteiger partial charge in [-0.3, -0.25) is 0 Å². The molecular formula is C10H8Cl2N2O2. The van der Waals surface area contributed by atoms with E-state index in [1.54, 1.807) is 26.4 Å². The first-order valence-corrected chi connectivity index (χ1v) is 5.16. The molecule has 0 bridgehead atoms. The number of aromatic nitrogens is 2. The zero-order valence-electron chi connectivity index (χ0n) is 8.62. The number of hydrogen-bond acceptors (Lipinski definition) is 4. The van der Waals surface area contributed by atoms with Crippen molar-refractivity contribution in [3.63, 3.8) is 0 Å². The van der Waals surface area contributed by atoms with Gasteiger partial charge in [0.15, 0.2) is 21.8 Å². The Morgan fingerprint density at radius 2 is 1.25 bits per heavy atom. The van der Waals surface area contributed by atoms with Crippen molar-refractivity contribution in [3.8, 4) is 11.5 Å². The van der Waals surface area contributed by atoms with E-state index < -0.39 is 0 Å². The highest BCUT2D eigenvalue weighted by molar-refractivity contribution is 6.40. The van der Waals surface area contributed by atoms with E-state index in [2.05, 4.69) is 9.97 Å².